The number of aliphatic hydroxyl groups excluding tert-OH is 1. The van der Waals surface area contributed by atoms with Crippen molar-refractivity contribution in [1.29, 1.82) is 0 Å². The lowest BCUT2D eigenvalue weighted by Crippen LogP contribution is -2.16. The van der Waals surface area contributed by atoms with Gasteiger partial charge in [0.1, 0.15) is 6.10 Å². The van der Waals surface area contributed by atoms with Crippen LogP contribution >= 0.6 is 0 Å². The van der Waals surface area contributed by atoms with Crippen LogP contribution in [0.15, 0.2) is 0 Å². The molecule has 0 amide bonds. The molecule has 10 heavy (non-hydrogen) atoms. The zero-order valence-electron chi connectivity index (χ0n) is 6.34. The normalized spacial score (nSPS) is 9.70. The Morgan fingerprint density at radius 3 is 1.80 bits per heavy atom. The predicted octanol–water partition coefficient (Wildman–Crippen LogP) is 1.20. The number of hydrogen-bond acceptors (Lipinski definition) is 3. The Bertz CT molecular complexity index is 69.3. The summed E-state index contributed by atoms with van der Waals surface area (Å²) in [6.45, 7) is 5.35. The summed E-state index contributed by atoms with van der Waals surface area (Å²) in [6.07, 6.45) is -0.995. The van der Waals surface area contributed by atoms with E-state index in [0.29, 0.717) is 0 Å². The number of ether oxygens (including phenoxy) is 1. The molecule has 0 aromatic rings. The van der Waals surface area contributed by atoms with Gasteiger partial charge < -0.3 is 9.84 Å². The van der Waals surface area contributed by atoms with Crippen molar-refractivity contribution in [2.24, 2.45) is 0 Å². The van der Waals surface area contributed by atoms with E-state index in [0.717, 1.165) is 0 Å². The molecule has 0 radical (unpaired) electrons. The second kappa shape index (κ2) is 11.3. The van der Waals surface area contributed by atoms with Crippen LogP contribution in [0.3, 0.4) is 0 Å². The number of aliphatic hydroxyl groups is 1. The first-order valence-electron chi connectivity index (χ1n) is 2.94. The lowest BCUT2D eigenvalue weighted by atomic mass is 10.4. The van der Waals surface area contributed by atoms with Crippen molar-refractivity contribution in [3.8, 4) is 0 Å². The molecule has 3 heteroatoms. The fourth-order valence-electron chi connectivity index (χ4n) is 0.171. The van der Waals surface area contributed by atoms with Gasteiger partial charge in [-0.2, -0.15) is 0 Å². The summed E-state index contributed by atoms with van der Waals surface area (Å²) < 4.78 is 4.12. The lowest BCUT2D eigenvalue weighted by molar-refractivity contribution is -0.149. The van der Waals surface area contributed by atoms with Gasteiger partial charge in [-0.3, -0.25) is 0 Å². The molecule has 0 spiro atoms. The number of hydrogen-bond donors (Lipinski definition) is 1. The van der Waals surface area contributed by atoms with E-state index in [-0.39, 0.29) is 7.43 Å². The van der Waals surface area contributed by atoms with Gasteiger partial charge in [0.05, 0.1) is 7.11 Å². The standard InChI is InChI=1S/C4H8O3.C2H6.CH4/c1-3(5)4(6)7-2;1-2;/h3,5H,1-2H3;1-2H3;1H4. The van der Waals surface area contributed by atoms with Crippen LogP contribution in [0, 0.1) is 0 Å². The summed E-state index contributed by atoms with van der Waals surface area (Å²) in [5, 5.41) is 8.35. The molecule has 0 saturated heterocycles. The van der Waals surface area contributed by atoms with Gasteiger partial charge in [0, 0.05) is 0 Å². The lowest BCUT2D eigenvalue weighted by Gasteiger charge is -1.97. The summed E-state index contributed by atoms with van der Waals surface area (Å²) in [5.74, 6) is -0.597. The Hall–Kier alpha value is -0.570. The number of carbonyl (C=O) groups is 1. The molecule has 0 aromatic heterocycles. The van der Waals surface area contributed by atoms with Gasteiger partial charge in [0.15, 0.2) is 0 Å². The van der Waals surface area contributed by atoms with Crippen molar-refractivity contribution in [2.45, 2.75) is 34.3 Å². The molecular weight excluding hydrogens is 132 g/mol. The van der Waals surface area contributed by atoms with Crippen LogP contribution in [0.1, 0.15) is 28.2 Å². The molecule has 1 N–H and O–H groups in total. The topological polar surface area (TPSA) is 46.5 Å². The SMILES string of the molecule is C.CC.COC(=O)C(C)O. The molecule has 1 atom stereocenters. The van der Waals surface area contributed by atoms with Gasteiger partial charge in [0.2, 0.25) is 0 Å². The minimum Gasteiger partial charge on any atom is -0.467 e. The molecule has 64 valence electrons. The van der Waals surface area contributed by atoms with E-state index in [9.17, 15) is 4.79 Å². The van der Waals surface area contributed by atoms with Crippen LogP contribution in [0.5, 0.6) is 0 Å². The highest BCUT2D eigenvalue weighted by molar-refractivity contribution is 5.73. The molecule has 0 saturated carbocycles. The quantitative estimate of drug-likeness (QED) is 0.571. The molecule has 0 aliphatic rings. The molecule has 3 nitrogen and oxygen atoms in total. The summed E-state index contributed by atoms with van der Waals surface area (Å²) >= 11 is 0. The molecule has 0 bridgehead atoms. The van der Waals surface area contributed by atoms with Crippen molar-refractivity contribution < 1.29 is 14.6 Å². The van der Waals surface area contributed by atoms with Crippen LogP contribution in [-0.2, 0) is 9.53 Å². The van der Waals surface area contributed by atoms with E-state index < -0.39 is 12.1 Å². The van der Waals surface area contributed by atoms with Crippen LogP contribution < -0.4 is 0 Å². The molecular formula is C7H18O3. The smallest absolute Gasteiger partial charge is 0.334 e. The largest absolute Gasteiger partial charge is 0.467 e. The monoisotopic (exact) mass is 150 g/mol. The van der Waals surface area contributed by atoms with Crippen molar-refractivity contribution >= 4 is 5.97 Å². The van der Waals surface area contributed by atoms with E-state index >= 15 is 0 Å². The van der Waals surface area contributed by atoms with Crippen molar-refractivity contribution in [3.63, 3.8) is 0 Å². The van der Waals surface area contributed by atoms with Crippen LogP contribution in [0.2, 0.25) is 0 Å². The van der Waals surface area contributed by atoms with E-state index in [1.165, 1.54) is 14.0 Å². The molecule has 0 rings (SSSR count). The maximum absolute atomic E-state index is 10.0. The summed E-state index contributed by atoms with van der Waals surface area (Å²) in [5.41, 5.74) is 0. The number of esters is 1. The number of rotatable bonds is 1. The second-order valence-corrected chi connectivity index (χ2v) is 1.20. The fourth-order valence-corrected chi connectivity index (χ4v) is 0.171. The average Bonchev–Trinajstić information content (AvgIpc) is 1.91. The van der Waals surface area contributed by atoms with Crippen LogP contribution in [0.25, 0.3) is 0 Å². The molecule has 1 unspecified atom stereocenters. The Balaban J connectivity index is -0.000000149. The van der Waals surface area contributed by atoms with Gasteiger partial charge in [-0.05, 0) is 6.92 Å². The van der Waals surface area contributed by atoms with E-state index in [4.69, 9.17) is 5.11 Å². The zero-order valence-corrected chi connectivity index (χ0v) is 6.34. The Morgan fingerprint density at radius 1 is 1.50 bits per heavy atom. The first kappa shape index (κ1) is 16.2. The highest BCUT2D eigenvalue weighted by Crippen LogP contribution is 1.80. The van der Waals surface area contributed by atoms with Crippen molar-refractivity contribution in [1.82, 2.24) is 0 Å². The zero-order chi connectivity index (χ0) is 7.86. The minimum absolute atomic E-state index is 0. The van der Waals surface area contributed by atoms with Gasteiger partial charge >= 0.3 is 5.97 Å². The third-order valence-electron chi connectivity index (χ3n) is 0.542. The van der Waals surface area contributed by atoms with Gasteiger partial charge in [-0.15, -0.1) is 0 Å². The average molecular weight is 150 g/mol. The molecule has 0 heterocycles. The Morgan fingerprint density at radius 2 is 1.80 bits per heavy atom. The minimum atomic E-state index is -0.995. The van der Waals surface area contributed by atoms with Crippen molar-refractivity contribution in [2.75, 3.05) is 7.11 Å². The van der Waals surface area contributed by atoms with Crippen molar-refractivity contribution in [3.05, 3.63) is 0 Å². The first-order valence-corrected chi connectivity index (χ1v) is 2.94. The highest BCUT2D eigenvalue weighted by atomic mass is 16.5. The van der Waals surface area contributed by atoms with Crippen LogP contribution in [0.4, 0.5) is 0 Å². The van der Waals surface area contributed by atoms with Gasteiger partial charge in [-0.25, -0.2) is 4.79 Å². The second-order valence-electron chi connectivity index (χ2n) is 1.20. The summed E-state index contributed by atoms with van der Waals surface area (Å²) in [7, 11) is 1.23. The third-order valence-corrected chi connectivity index (χ3v) is 0.542. The maximum Gasteiger partial charge on any atom is 0.334 e. The van der Waals surface area contributed by atoms with Crippen LogP contribution in [-0.4, -0.2) is 24.3 Å². The number of methoxy groups -OCH3 is 1. The fraction of sp³-hybridized carbons (Fsp3) is 0.857. The highest BCUT2D eigenvalue weighted by Gasteiger charge is 2.05. The number of carbonyl (C=O) groups excluding carboxylic acids is 1. The molecule has 0 aliphatic heterocycles. The first-order chi connectivity index (χ1) is 4.18. The van der Waals surface area contributed by atoms with E-state index in [2.05, 4.69) is 4.74 Å². The van der Waals surface area contributed by atoms with Gasteiger partial charge in [-0.1, -0.05) is 21.3 Å². The summed E-state index contributed by atoms with van der Waals surface area (Å²) in [6, 6.07) is 0. The third kappa shape index (κ3) is 10.4. The Labute approximate surface area is 63.0 Å². The molecule has 0 aliphatic carbocycles. The maximum atomic E-state index is 10.0. The van der Waals surface area contributed by atoms with Gasteiger partial charge in [0.25, 0.3) is 0 Å². The molecule has 0 fully saturated rings. The molecule has 0 aromatic carbocycles. The summed E-state index contributed by atoms with van der Waals surface area (Å²) in [4.78, 5) is 10.0. The Kier molecular flexibility index (Phi) is 18.2. The predicted molar refractivity (Wildman–Crippen MR) is 41.8 cm³/mol. The van der Waals surface area contributed by atoms with E-state index in [1.807, 2.05) is 13.8 Å². The van der Waals surface area contributed by atoms with E-state index in [1.54, 1.807) is 0 Å².